The van der Waals surface area contributed by atoms with E-state index in [9.17, 15) is 18.7 Å². The molecule has 0 amide bonds. The molecule has 2 heterocycles. The lowest BCUT2D eigenvalue weighted by molar-refractivity contribution is -0.153. The number of hydrogen-bond donors (Lipinski definition) is 2. The Morgan fingerprint density at radius 2 is 2.00 bits per heavy atom. The summed E-state index contributed by atoms with van der Waals surface area (Å²) >= 11 is 0. The average Bonchev–Trinajstić information content (AvgIpc) is 3.42. The number of carbonyl (C=O) groups is 1. The van der Waals surface area contributed by atoms with Gasteiger partial charge in [-0.25, -0.2) is 13.6 Å². The van der Waals surface area contributed by atoms with Crippen LogP contribution < -0.4 is 0 Å². The largest absolute Gasteiger partial charge is 0.479 e. The normalized spacial score (nSPS) is 20.9. The van der Waals surface area contributed by atoms with E-state index in [-0.39, 0.29) is 24.6 Å². The van der Waals surface area contributed by atoms with Crippen molar-refractivity contribution < 1.29 is 23.4 Å². The zero-order chi connectivity index (χ0) is 25.8. The van der Waals surface area contributed by atoms with Gasteiger partial charge in [0.25, 0.3) is 0 Å². The average molecular weight is 496 g/mol. The number of fused-ring (bicyclic) bond motifs is 2. The summed E-state index contributed by atoms with van der Waals surface area (Å²) < 4.78 is 37.1. The molecule has 0 aliphatic heterocycles. The number of carboxylic acids is 1. The van der Waals surface area contributed by atoms with Gasteiger partial charge in [-0.05, 0) is 80.0 Å². The van der Waals surface area contributed by atoms with Gasteiger partial charge in [-0.1, -0.05) is 13.8 Å². The number of H-pyrrole nitrogens is 1. The summed E-state index contributed by atoms with van der Waals surface area (Å²) in [5, 5.41) is 18.6. The molecule has 0 radical (unpaired) electrons. The first-order valence-electron chi connectivity index (χ1n) is 12.3. The molecule has 190 valence electrons. The molecule has 1 fully saturated rings. The maximum atomic E-state index is 15.0. The number of rotatable bonds is 6. The monoisotopic (exact) mass is 495 g/mol. The van der Waals surface area contributed by atoms with Crippen molar-refractivity contribution in [3.63, 3.8) is 0 Å². The number of nitrogens with zero attached hydrogens (tertiary/aromatic N) is 2. The summed E-state index contributed by atoms with van der Waals surface area (Å²) in [6.07, 6.45) is 2.53. The number of benzene rings is 2. The van der Waals surface area contributed by atoms with Crippen LogP contribution in [0.4, 0.5) is 8.78 Å². The van der Waals surface area contributed by atoms with E-state index >= 15 is 0 Å². The minimum atomic E-state index is -2.19. The lowest BCUT2D eigenvalue weighted by Crippen LogP contribution is -2.38. The molecule has 0 saturated heterocycles. The molecule has 2 N–H and O–H groups in total. The van der Waals surface area contributed by atoms with Gasteiger partial charge in [-0.15, -0.1) is 0 Å². The lowest BCUT2D eigenvalue weighted by atomic mass is 9.73. The topological polar surface area (TPSA) is 80.1 Å². The second kappa shape index (κ2) is 8.69. The van der Waals surface area contributed by atoms with Crippen LogP contribution >= 0.6 is 0 Å². The highest BCUT2D eigenvalue weighted by molar-refractivity contribution is 5.99. The number of methoxy groups -OCH3 is 1. The first-order chi connectivity index (χ1) is 17.1. The Bertz CT molecular complexity index is 1460. The van der Waals surface area contributed by atoms with Crippen LogP contribution in [0.5, 0.6) is 0 Å². The number of aliphatic carboxylic acids is 1. The van der Waals surface area contributed by atoms with Gasteiger partial charge >= 0.3 is 5.97 Å². The van der Waals surface area contributed by atoms with Gasteiger partial charge in [-0.3, -0.25) is 5.10 Å². The van der Waals surface area contributed by atoms with Crippen molar-refractivity contribution in [2.24, 2.45) is 0 Å². The third-order valence-corrected chi connectivity index (χ3v) is 7.68. The summed E-state index contributed by atoms with van der Waals surface area (Å²) in [7, 11) is 1.66. The van der Waals surface area contributed by atoms with Crippen molar-refractivity contribution in [2.75, 3.05) is 13.7 Å². The highest BCUT2D eigenvalue weighted by atomic mass is 19.1. The molecule has 0 spiro atoms. The number of carboxylic acid groups (broad SMARTS) is 1. The molecule has 0 unspecified atom stereocenters. The fourth-order valence-electron chi connectivity index (χ4n) is 5.87. The Labute approximate surface area is 208 Å². The number of alkyl halides is 1. The van der Waals surface area contributed by atoms with Crippen LogP contribution in [0, 0.1) is 12.7 Å². The molecule has 8 heteroatoms. The molecule has 0 bridgehead atoms. The molecule has 2 aromatic carbocycles. The van der Waals surface area contributed by atoms with Crippen molar-refractivity contribution in [1.82, 2.24) is 14.8 Å². The number of halogens is 2. The Hall–Kier alpha value is -3.26. The van der Waals surface area contributed by atoms with E-state index in [1.165, 1.54) is 6.07 Å². The maximum Gasteiger partial charge on any atom is 0.341 e. The van der Waals surface area contributed by atoms with Gasteiger partial charge < -0.3 is 14.4 Å². The molecule has 1 aliphatic carbocycles. The van der Waals surface area contributed by atoms with Gasteiger partial charge in [0, 0.05) is 34.7 Å². The summed E-state index contributed by atoms with van der Waals surface area (Å²) in [6.45, 7) is 6.39. The van der Waals surface area contributed by atoms with Crippen molar-refractivity contribution in [2.45, 2.75) is 63.5 Å². The predicted molar refractivity (Wildman–Crippen MR) is 135 cm³/mol. The number of aromatic nitrogens is 3. The minimum absolute atomic E-state index is 0.0359. The summed E-state index contributed by atoms with van der Waals surface area (Å²) in [5.41, 5.74) is 2.63. The first kappa shape index (κ1) is 24.4. The van der Waals surface area contributed by atoms with Crippen molar-refractivity contribution in [3.8, 4) is 5.69 Å². The van der Waals surface area contributed by atoms with Crippen LogP contribution in [-0.4, -0.2) is 45.2 Å². The third-order valence-electron chi connectivity index (χ3n) is 7.68. The van der Waals surface area contributed by atoms with Gasteiger partial charge in [0.05, 0.1) is 23.8 Å². The molecular weight excluding hydrogens is 464 g/mol. The van der Waals surface area contributed by atoms with Gasteiger partial charge in [0.15, 0.2) is 0 Å². The van der Waals surface area contributed by atoms with E-state index in [0.717, 1.165) is 38.8 Å². The van der Waals surface area contributed by atoms with Gasteiger partial charge in [0.2, 0.25) is 5.67 Å². The molecule has 36 heavy (non-hydrogen) atoms. The number of aromatic amines is 1. The molecule has 5 rings (SSSR count). The molecule has 0 atom stereocenters. The van der Waals surface area contributed by atoms with Crippen molar-refractivity contribution >= 4 is 27.8 Å². The molecular formula is C28H31F2N3O3. The Kier molecular flexibility index (Phi) is 5.90. The van der Waals surface area contributed by atoms with E-state index in [1.807, 2.05) is 6.07 Å². The second-order valence-electron chi connectivity index (χ2n) is 10.7. The van der Waals surface area contributed by atoms with Gasteiger partial charge in [0.1, 0.15) is 5.82 Å². The van der Waals surface area contributed by atoms with Crippen LogP contribution in [0.3, 0.4) is 0 Å². The molecule has 1 aliphatic rings. The van der Waals surface area contributed by atoms with Crippen LogP contribution in [-0.2, 0) is 14.9 Å². The number of nitrogens with one attached hydrogen (secondary N) is 1. The van der Waals surface area contributed by atoms with Crippen LogP contribution in [0.15, 0.2) is 36.5 Å². The van der Waals surface area contributed by atoms with E-state index < -0.39 is 17.1 Å². The molecule has 2 aromatic heterocycles. The molecule has 6 nitrogen and oxygen atoms in total. The smallest absolute Gasteiger partial charge is 0.341 e. The maximum absolute atomic E-state index is 15.0. The zero-order valence-electron chi connectivity index (χ0n) is 21.0. The highest BCUT2D eigenvalue weighted by Crippen LogP contribution is 2.48. The van der Waals surface area contributed by atoms with Crippen molar-refractivity contribution in [3.05, 3.63) is 59.2 Å². The summed E-state index contributed by atoms with van der Waals surface area (Å²) in [6, 6.07) is 9.23. The van der Waals surface area contributed by atoms with E-state index in [1.54, 1.807) is 26.3 Å². The fourth-order valence-corrected chi connectivity index (χ4v) is 5.87. The SMILES string of the molecule is COCC(C)(C)c1c([C@H]2CC[C@](F)(C(=O)O)CC2)c2cc3[nH]ncc3cc2n1-c1ccc(F)c(C)c1. The van der Waals surface area contributed by atoms with Crippen molar-refractivity contribution in [1.29, 1.82) is 0 Å². The van der Waals surface area contributed by atoms with Crippen LogP contribution in [0.1, 0.15) is 62.3 Å². The van der Waals surface area contributed by atoms with Crippen LogP contribution in [0.25, 0.3) is 27.5 Å². The fraction of sp³-hybridized carbons (Fsp3) is 0.429. The predicted octanol–water partition coefficient (Wildman–Crippen LogP) is 6.33. The number of ether oxygens (including phenoxy) is 1. The van der Waals surface area contributed by atoms with E-state index in [4.69, 9.17) is 4.74 Å². The summed E-state index contributed by atoms with van der Waals surface area (Å²) in [5.74, 6) is -1.69. The second-order valence-corrected chi connectivity index (χ2v) is 10.7. The number of aryl methyl sites for hydroxylation is 1. The molecule has 4 aromatic rings. The Morgan fingerprint density at radius 1 is 1.28 bits per heavy atom. The minimum Gasteiger partial charge on any atom is -0.479 e. The quantitative estimate of drug-likeness (QED) is 0.328. The Balaban J connectivity index is 1.82. The molecule has 1 saturated carbocycles. The third kappa shape index (κ3) is 3.88. The lowest BCUT2D eigenvalue weighted by Gasteiger charge is -2.34. The van der Waals surface area contributed by atoms with Gasteiger partial charge in [-0.2, -0.15) is 5.10 Å². The van der Waals surface area contributed by atoms with E-state index in [0.29, 0.717) is 25.0 Å². The standard InChI is InChI=1S/C28H31F2N3O3/c1-16-11-19(5-6-21(16)29)33-23-12-18-14-31-32-22(18)13-20(23)24(25(33)27(2,3)15-36-4)17-7-9-28(30,10-8-17)26(34)35/h5-6,11-14,17H,7-10,15H2,1-4H3,(H,31,32)(H,34,35)/t17-,28+. The summed E-state index contributed by atoms with van der Waals surface area (Å²) in [4.78, 5) is 11.6. The Morgan fingerprint density at radius 3 is 2.64 bits per heavy atom. The number of hydrogen-bond acceptors (Lipinski definition) is 3. The zero-order valence-corrected chi connectivity index (χ0v) is 21.0. The van der Waals surface area contributed by atoms with E-state index in [2.05, 4.69) is 40.7 Å². The highest BCUT2D eigenvalue weighted by Gasteiger charge is 2.44. The van der Waals surface area contributed by atoms with Crippen LogP contribution in [0.2, 0.25) is 0 Å². The first-order valence-corrected chi connectivity index (χ1v) is 12.3.